The lowest BCUT2D eigenvalue weighted by Gasteiger charge is -2.34. The summed E-state index contributed by atoms with van der Waals surface area (Å²) in [6, 6.07) is 5.01. The van der Waals surface area contributed by atoms with Crippen LogP contribution in [0.4, 0.5) is 0 Å². The van der Waals surface area contributed by atoms with Crippen molar-refractivity contribution in [3.8, 4) is 0 Å². The summed E-state index contributed by atoms with van der Waals surface area (Å²) >= 11 is 0. The molecule has 0 bridgehead atoms. The first kappa shape index (κ1) is 16.4. The minimum atomic E-state index is -0.529. The molecule has 1 aromatic carbocycles. The number of carbonyl (C=O) groups excluding carboxylic acids is 2. The standard InChI is InChI=1S/C16H20N4O4/c21-8-7-19-3-5-20(6-4-19)15(22)10-24-16(23)12-1-2-13-14(9-12)18-11-17-13/h1-2,9,11,21H,3-8,10H2,(H,17,18). The van der Waals surface area contributed by atoms with Crippen molar-refractivity contribution in [2.45, 2.75) is 0 Å². The van der Waals surface area contributed by atoms with Gasteiger partial charge in [0.2, 0.25) is 0 Å². The number of rotatable bonds is 5. The Balaban J connectivity index is 1.49. The number of nitrogens with zero attached hydrogens (tertiary/aromatic N) is 3. The molecule has 2 heterocycles. The molecule has 0 aliphatic carbocycles. The van der Waals surface area contributed by atoms with Crippen LogP contribution in [0.5, 0.6) is 0 Å². The van der Waals surface area contributed by atoms with E-state index >= 15 is 0 Å². The van der Waals surface area contributed by atoms with Crippen molar-refractivity contribution in [2.24, 2.45) is 0 Å². The molecule has 1 amide bonds. The van der Waals surface area contributed by atoms with E-state index in [9.17, 15) is 9.59 Å². The Morgan fingerprint density at radius 3 is 2.79 bits per heavy atom. The molecule has 0 saturated carbocycles. The van der Waals surface area contributed by atoms with Gasteiger partial charge in [0, 0.05) is 32.7 Å². The van der Waals surface area contributed by atoms with Crippen LogP contribution in [-0.4, -0.2) is 82.7 Å². The highest BCUT2D eigenvalue weighted by atomic mass is 16.5. The fourth-order valence-electron chi connectivity index (χ4n) is 2.73. The summed E-state index contributed by atoms with van der Waals surface area (Å²) in [6.45, 7) is 3.07. The second-order valence-corrected chi connectivity index (χ2v) is 5.66. The van der Waals surface area contributed by atoms with Crippen LogP contribution in [0.1, 0.15) is 10.4 Å². The number of fused-ring (bicyclic) bond motifs is 1. The summed E-state index contributed by atoms with van der Waals surface area (Å²) in [4.78, 5) is 35.0. The van der Waals surface area contributed by atoms with E-state index in [-0.39, 0.29) is 19.1 Å². The van der Waals surface area contributed by atoms with Gasteiger partial charge in [0.1, 0.15) is 0 Å². The Morgan fingerprint density at radius 2 is 2.04 bits per heavy atom. The lowest BCUT2D eigenvalue weighted by Crippen LogP contribution is -2.50. The number of aliphatic hydroxyl groups excluding tert-OH is 1. The first-order chi connectivity index (χ1) is 11.7. The zero-order valence-electron chi connectivity index (χ0n) is 13.3. The van der Waals surface area contributed by atoms with E-state index in [4.69, 9.17) is 9.84 Å². The smallest absolute Gasteiger partial charge is 0.338 e. The Morgan fingerprint density at radius 1 is 1.25 bits per heavy atom. The maximum atomic E-state index is 12.1. The Labute approximate surface area is 139 Å². The number of imidazole rings is 1. The minimum Gasteiger partial charge on any atom is -0.452 e. The number of carbonyl (C=O) groups is 2. The van der Waals surface area contributed by atoms with Gasteiger partial charge in [0.15, 0.2) is 6.61 Å². The van der Waals surface area contributed by atoms with Crippen molar-refractivity contribution in [1.29, 1.82) is 0 Å². The summed E-state index contributed by atoms with van der Waals surface area (Å²) in [6.07, 6.45) is 1.56. The zero-order chi connectivity index (χ0) is 16.9. The molecule has 3 rings (SSSR count). The third-order valence-corrected chi connectivity index (χ3v) is 4.12. The van der Waals surface area contributed by atoms with Gasteiger partial charge in [0.05, 0.1) is 29.5 Å². The quantitative estimate of drug-likeness (QED) is 0.739. The number of benzene rings is 1. The molecule has 0 atom stereocenters. The van der Waals surface area contributed by atoms with E-state index in [0.717, 1.165) is 24.1 Å². The summed E-state index contributed by atoms with van der Waals surface area (Å²) in [5.74, 6) is -0.728. The first-order valence-corrected chi connectivity index (χ1v) is 7.88. The van der Waals surface area contributed by atoms with E-state index in [1.165, 1.54) is 0 Å². The largest absolute Gasteiger partial charge is 0.452 e. The monoisotopic (exact) mass is 332 g/mol. The number of H-pyrrole nitrogens is 1. The normalized spacial score (nSPS) is 15.6. The third kappa shape index (κ3) is 3.72. The number of β-amino-alcohol motifs (C(OH)–C–C–N with tert-alkyl or cyclic N) is 1. The average molecular weight is 332 g/mol. The summed E-state index contributed by atoms with van der Waals surface area (Å²) in [5, 5.41) is 8.91. The number of hydrogen-bond acceptors (Lipinski definition) is 6. The van der Waals surface area contributed by atoms with Crippen molar-refractivity contribution < 1.29 is 19.4 Å². The fraction of sp³-hybridized carbons (Fsp3) is 0.438. The summed E-state index contributed by atoms with van der Waals surface area (Å²) < 4.78 is 5.12. The van der Waals surface area contributed by atoms with E-state index in [1.54, 1.807) is 29.4 Å². The van der Waals surface area contributed by atoms with Crippen molar-refractivity contribution >= 4 is 22.9 Å². The van der Waals surface area contributed by atoms with Crippen molar-refractivity contribution in [1.82, 2.24) is 19.8 Å². The first-order valence-electron chi connectivity index (χ1n) is 7.88. The van der Waals surface area contributed by atoms with Crippen LogP contribution in [0.2, 0.25) is 0 Å². The number of amides is 1. The fourth-order valence-corrected chi connectivity index (χ4v) is 2.73. The van der Waals surface area contributed by atoms with Gasteiger partial charge in [-0.3, -0.25) is 9.69 Å². The highest BCUT2D eigenvalue weighted by Crippen LogP contribution is 2.12. The van der Waals surface area contributed by atoms with Gasteiger partial charge in [-0.2, -0.15) is 0 Å². The lowest BCUT2D eigenvalue weighted by molar-refractivity contribution is -0.136. The second kappa shape index (κ2) is 7.41. The summed E-state index contributed by atoms with van der Waals surface area (Å²) in [5.41, 5.74) is 1.89. The van der Waals surface area contributed by atoms with Gasteiger partial charge in [-0.15, -0.1) is 0 Å². The molecule has 1 aromatic heterocycles. The number of nitrogens with one attached hydrogen (secondary N) is 1. The predicted octanol–water partition coefficient (Wildman–Crippen LogP) is -0.144. The number of piperazine rings is 1. The molecule has 1 fully saturated rings. The maximum Gasteiger partial charge on any atom is 0.338 e. The number of ether oxygens (including phenoxy) is 1. The highest BCUT2D eigenvalue weighted by molar-refractivity contribution is 5.94. The van der Waals surface area contributed by atoms with Crippen LogP contribution >= 0.6 is 0 Å². The number of aromatic nitrogens is 2. The van der Waals surface area contributed by atoms with E-state index in [2.05, 4.69) is 14.9 Å². The average Bonchev–Trinajstić information content (AvgIpc) is 3.08. The van der Waals surface area contributed by atoms with Crippen molar-refractivity contribution in [3.05, 3.63) is 30.1 Å². The molecule has 0 unspecified atom stereocenters. The van der Waals surface area contributed by atoms with Crippen LogP contribution in [0.15, 0.2) is 24.5 Å². The second-order valence-electron chi connectivity index (χ2n) is 5.66. The van der Waals surface area contributed by atoms with Crippen LogP contribution in [0.25, 0.3) is 11.0 Å². The lowest BCUT2D eigenvalue weighted by atomic mass is 10.2. The molecule has 1 saturated heterocycles. The Kier molecular flexibility index (Phi) is 5.07. The van der Waals surface area contributed by atoms with Crippen molar-refractivity contribution in [2.75, 3.05) is 45.9 Å². The van der Waals surface area contributed by atoms with Crippen LogP contribution in [0, 0.1) is 0 Å². The molecule has 1 aliphatic rings. The molecule has 8 heteroatoms. The highest BCUT2D eigenvalue weighted by Gasteiger charge is 2.22. The van der Waals surface area contributed by atoms with E-state index < -0.39 is 5.97 Å². The van der Waals surface area contributed by atoms with Gasteiger partial charge in [-0.05, 0) is 18.2 Å². The van der Waals surface area contributed by atoms with Gasteiger partial charge < -0.3 is 19.7 Å². The van der Waals surface area contributed by atoms with Crippen LogP contribution < -0.4 is 0 Å². The maximum absolute atomic E-state index is 12.1. The van der Waals surface area contributed by atoms with Gasteiger partial charge in [-0.1, -0.05) is 0 Å². The molecule has 128 valence electrons. The molecular weight excluding hydrogens is 312 g/mol. The van der Waals surface area contributed by atoms with E-state index in [0.29, 0.717) is 25.2 Å². The van der Waals surface area contributed by atoms with Crippen LogP contribution in [-0.2, 0) is 9.53 Å². The molecule has 24 heavy (non-hydrogen) atoms. The van der Waals surface area contributed by atoms with Crippen LogP contribution in [0.3, 0.4) is 0 Å². The molecule has 0 spiro atoms. The minimum absolute atomic E-state index is 0.117. The van der Waals surface area contributed by atoms with Crippen molar-refractivity contribution in [3.63, 3.8) is 0 Å². The SMILES string of the molecule is O=C(OCC(=O)N1CCN(CCO)CC1)c1ccc2nc[nH]c2c1. The summed E-state index contributed by atoms with van der Waals surface area (Å²) in [7, 11) is 0. The number of hydrogen-bond donors (Lipinski definition) is 2. The van der Waals surface area contributed by atoms with Gasteiger partial charge in [0.25, 0.3) is 5.91 Å². The zero-order valence-corrected chi connectivity index (χ0v) is 13.3. The Hall–Kier alpha value is -2.45. The molecule has 8 nitrogen and oxygen atoms in total. The molecule has 1 aliphatic heterocycles. The Bertz CT molecular complexity index is 722. The number of aliphatic hydroxyl groups is 1. The predicted molar refractivity (Wildman–Crippen MR) is 86.5 cm³/mol. The van der Waals surface area contributed by atoms with Gasteiger partial charge >= 0.3 is 5.97 Å². The molecule has 2 aromatic rings. The molecule has 2 N–H and O–H groups in total. The number of esters is 1. The number of aromatic amines is 1. The molecule has 0 radical (unpaired) electrons. The van der Waals surface area contributed by atoms with E-state index in [1.807, 2.05) is 0 Å². The topological polar surface area (TPSA) is 98.8 Å². The third-order valence-electron chi connectivity index (χ3n) is 4.12. The molecular formula is C16H20N4O4. The van der Waals surface area contributed by atoms with Gasteiger partial charge in [-0.25, -0.2) is 9.78 Å².